The van der Waals surface area contributed by atoms with Crippen molar-refractivity contribution in [3.63, 3.8) is 0 Å². The minimum atomic E-state index is -0.382. The SMILES string of the molecule is O=[N+]([O-])c1ccc(CN=C(NCCN2CCOCC2)N2CCc3ccccc32)cc1. The predicted octanol–water partition coefficient (Wildman–Crippen LogP) is 2.44. The molecule has 8 heteroatoms. The Labute approximate surface area is 176 Å². The third-order valence-electron chi connectivity index (χ3n) is 5.52. The highest BCUT2D eigenvalue weighted by molar-refractivity contribution is 5.98. The molecule has 2 aliphatic rings. The molecule has 2 aromatic rings. The van der Waals surface area contributed by atoms with Gasteiger partial charge in [-0.1, -0.05) is 30.3 Å². The number of fused-ring (bicyclic) bond motifs is 1. The number of morpholine rings is 1. The van der Waals surface area contributed by atoms with Crippen molar-refractivity contribution in [1.29, 1.82) is 0 Å². The van der Waals surface area contributed by atoms with Crippen molar-refractivity contribution in [2.45, 2.75) is 13.0 Å². The van der Waals surface area contributed by atoms with Crippen molar-refractivity contribution in [3.05, 3.63) is 69.8 Å². The van der Waals surface area contributed by atoms with Crippen LogP contribution >= 0.6 is 0 Å². The fourth-order valence-corrected chi connectivity index (χ4v) is 3.83. The summed E-state index contributed by atoms with van der Waals surface area (Å²) in [6, 6.07) is 15.0. The highest BCUT2D eigenvalue weighted by atomic mass is 16.6. The number of nitrogens with zero attached hydrogens (tertiary/aromatic N) is 4. The van der Waals surface area contributed by atoms with E-state index in [4.69, 9.17) is 9.73 Å². The van der Waals surface area contributed by atoms with Crippen LogP contribution in [-0.4, -0.2) is 61.7 Å². The summed E-state index contributed by atoms with van der Waals surface area (Å²) in [5, 5.41) is 14.4. The number of rotatable bonds is 6. The highest BCUT2D eigenvalue weighted by Crippen LogP contribution is 2.27. The molecule has 0 saturated carbocycles. The van der Waals surface area contributed by atoms with Gasteiger partial charge in [-0.3, -0.25) is 15.0 Å². The zero-order valence-corrected chi connectivity index (χ0v) is 17.0. The molecule has 0 bridgehead atoms. The Morgan fingerprint density at radius 1 is 1.10 bits per heavy atom. The number of aliphatic imine (C=N–C) groups is 1. The molecule has 2 aromatic carbocycles. The zero-order chi connectivity index (χ0) is 20.8. The first-order valence-electron chi connectivity index (χ1n) is 10.4. The number of benzene rings is 2. The first kappa shape index (κ1) is 20.3. The van der Waals surface area contributed by atoms with Crippen LogP contribution in [0.15, 0.2) is 53.5 Å². The number of ether oxygens (including phenoxy) is 1. The maximum absolute atomic E-state index is 10.9. The standard InChI is InChI=1S/C22H27N5O3/c28-27(29)20-7-5-18(6-8-20)17-24-22(23-10-12-25-13-15-30-16-14-25)26-11-9-19-3-1-2-4-21(19)26/h1-8H,9-17H2,(H,23,24). The van der Waals surface area contributed by atoms with E-state index in [1.165, 1.54) is 23.4 Å². The maximum Gasteiger partial charge on any atom is 0.269 e. The Kier molecular flexibility index (Phi) is 6.56. The highest BCUT2D eigenvalue weighted by Gasteiger charge is 2.23. The summed E-state index contributed by atoms with van der Waals surface area (Å²) in [7, 11) is 0. The van der Waals surface area contributed by atoms with Crippen molar-refractivity contribution in [1.82, 2.24) is 10.2 Å². The molecule has 8 nitrogen and oxygen atoms in total. The van der Waals surface area contributed by atoms with E-state index in [9.17, 15) is 10.1 Å². The molecule has 0 atom stereocenters. The number of para-hydroxylation sites is 1. The fraction of sp³-hybridized carbons (Fsp3) is 0.409. The molecule has 4 rings (SSSR count). The number of nitro benzene ring substituents is 1. The summed E-state index contributed by atoms with van der Waals surface area (Å²) >= 11 is 0. The van der Waals surface area contributed by atoms with Gasteiger partial charge in [0.2, 0.25) is 0 Å². The van der Waals surface area contributed by atoms with Gasteiger partial charge < -0.3 is 15.0 Å². The van der Waals surface area contributed by atoms with Gasteiger partial charge in [0, 0.05) is 50.5 Å². The number of anilines is 1. The van der Waals surface area contributed by atoms with Crippen LogP contribution in [0.1, 0.15) is 11.1 Å². The van der Waals surface area contributed by atoms with Gasteiger partial charge in [-0.15, -0.1) is 0 Å². The van der Waals surface area contributed by atoms with Gasteiger partial charge >= 0.3 is 0 Å². The predicted molar refractivity (Wildman–Crippen MR) is 117 cm³/mol. The molecule has 0 aromatic heterocycles. The van der Waals surface area contributed by atoms with Crippen molar-refractivity contribution < 1.29 is 9.66 Å². The monoisotopic (exact) mass is 409 g/mol. The Hall–Kier alpha value is -2.97. The van der Waals surface area contributed by atoms with E-state index in [-0.39, 0.29) is 10.6 Å². The normalized spacial score (nSPS) is 17.1. The molecule has 2 heterocycles. The Morgan fingerprint density at radius 3 is 2.63 bits per heavy atom. The third-order valence-corrected chi connectivity index (χ3v) is 5.52. The maximum atomic E-state index is 10.9. The molecule has 0 amide bonds. The van der Waals surface area contributed by atoms with Crippen molar-refractivity contribution >= 4 is 17.3 Å². The molecule has 0 aliphatic carbocycles. The van der Waals surface area contributed by atoms with Crippen molar-refractivity contribution in [3.8, 4) is 0 Å². The summed E-state index contributed by atoms with van der Waals surface area (Å²) in [4.78, 5) is 20.0. The quantitative estimate of drug-likeness (QED) is 0.342. The van der Waals surface area contributed by atoms with E-state index in [1.807, 2.05) is 0 Å². The molecule has 30 heavy (non-hydrogen) atoms. The minimum absolute atomic E-state index is 0.0973. The molecule has 0 spiro atoms. The number of hydrogen-bond acceptors (Lipinski definition) is 5. The molecule has 1 fully saturated rings. The van der Waals surface area contributed by atoms with Crippen LogP contribution in [0.25, 0.3) is 0 Å². The van der Waals surface area contributed by atoms with Gasteiger partial charge in [-0.25, -0.2) is 4.99 Å². The van der Waals surface area contributed by atoms with Gasteiger partial charge in [0.15, 0.2) is 5.96 Å². The van der Waals surface area contributed by atoms with E-state index < -0.39 is 0 Å². The number of hydrogen-bond donors (Lipinski definition) is 1. The molecule has 0 radical (unpaired) electrons. The number of nitro groups is 1. The molecule has 1 N–H and O–H groups in total. The smallest absolute Gasteiger partial charge is 0.269 e. The lowest BCUT2D eigenvalue weighted by Crippen LogP contribution is -2.45. The Bertz CT molecular complexity index is 894. The molecule has 0 unspecified atom stereocenters. The lowest BCUT2D eigenvalue weighted by Gasteiger charge is -2.28. The van der Waals surface area contributed by atoms with Crippen LogP contribution < -0.4 is 10.2 Å². The summed E-state index contributed by atoms with van der Waals surface area (Å²) in [6.45, 7) is 6.61. The summed E-state index contributed by atoms with van der Waals surface area (Å²) < 4.78 is 5.42. The second-order valence-corrected chi connectivity index (χ2v) is 7.47. The third kappa shape index (κ3) is 4.95. The van der Waals surface area contributed by atoms with Crippen LogP contribution in [0.2, 0.25) is 0 Å². The van der Waals surface area contributed by atoms with Crippen LogP contribution in [0, 0.1) is 10.1 Å². The fourth-order valence-electron chi connectivity index (χ4n) is 3.83. The van der Waals surface area contributed by atoms with Gasteiger partial charge in [0.05, 0.1) is 24.7 Å². The zero-order valence-electron chi connectivity index (χ0n) is 17.0. The van der Waals surface area contributed by atoms with Crippen molar-refractivity contribution in [2.75, 3.05) is 50.8 Å². The molecule has 158 valence electrons. The Morgan fingerprint density at radius 2 is 1.87 bits per heavy atom. The van der Waals surface area contributed by atoms with Crippen molar-refractivity contribution in [2.24, 2.45) is 4.99 Å². The van der Waals surface area contributed by atoms with E-state index >= 15 is 0 Å². The Balaban J connectivity index is 1.46. The summed E-state index contributed by atoms with van der Waals surface area (Å²) in [6.07, 6.45) is 0.998. The van der Waals surface area contributed by atoms with Crippen LogP contribution in [0.4, 0.5) is 11.4 Å². The summed E-state index contributed by atoms with van der Waals surface area (Å²) in [5.41, 5.74) is 3.56. The average Bonchev–Trinajstić information content (AvgIpc) is 3.21. The van der Waals surface area contributed by atoms with E-state index in [0.29, 0.717) is 6.54 Å². The first-order chi connectivity index (χ1) is 14.7. The second kappa shape index (κ2) is 9.69. The number of nitrogens with one attached hydrogen (secondary N) is 1. The van der Waals surface area contributed by atoms with Gasteiger partial charge in [-0.2, -0.15) is 0 Å². The molecular weight excluding hydrogens is 382 g/mol. The first-order valence-corrected chi connectivity index (χ1v) is 10.4. The largest absolute Gasteiger partial charge is 0.379 e. The molecule has 1 saturated heterocycles. The van der Waals surface area contributed by atoms with Crippen LogP contribution in [0.3, 0.4) is 0 Å². The van der Waals surface area contributed by atoms with Gasteiger partial charge in [-0.05, 0) is 23.6 Å². The van der Waals surface area contributed by atoms with E-state index in [2.05, 4.69) is 39.4 Å². The molecular formula is C22H27N5O3. The second-order valence-electron chi connectivity index (χ2n) is 7.47. The van der Waals surface area contributed by atoms with Crippen LogP contribution in [0.5, 0.6) is 0 Å². The number of non-ortho nitro benzene ring substituents is 1. The summed E-state index contributed by atoms with van der Waals surface area (Å²) in [5.74, 6) is 0.853. The van der Waals surface area contributed by atoms with Gasteiger partial charge in [0.25, 0.3) is 5.69 Å². The number of guanidine groups is 1. The topological polar surface area (TPSA) is 83.2 Å². The minimum Gasteiger partial charge on any atom is -0.379 e. The van der Waals surface area contributed by atoms with Gasteiger partial charge in [0.1, 0.15) is 0 Å². The van der Waals surface area contributed by atoms with E-state index in [0.717, 1.165) is 63.9 Å². The lowest BCUT2D eigenvalue weighted by atomic mass is 10.2. The lowest BCUT2D eigenvalue weighted by molar-refractivity contribution is -0.384. The van der Waals surface area contributed by atoms with E-state index in [1.54, 1.807) is 12.1 Å². The average molecular weight is 409 g/mol. The van der Waals surface area contributed by atoms with Crippen LogP contribution in [-0.2, 0) is 17.7 Å². The molecule has 2 aliphatic heterocycles.